The molecular formula is C11H15N5O2S. The van der Waals surface area contributed by atoms with Crippen molar-refractivity contribution < 1.29 is 8.42 Å². The van der Waals surface area contributed by atoms with Crippen LogP contribution in [0.5, 0.6) is 0 Å². The molecule has 7 nitrogen and oxygen atoms in total. The molecule has 0 unspecified atom stereocenters. The standard InChI is InChI=1S/C11H15N5O2S/c1-2-16-8-13-15-11(16)7-14-19(17,18)10-5-3-9(12)4-6-10/h3-6,8,14H,2,7,12H2,1H3. The van der Waals surface area contributed by atoms with Crippen molar-refractivity contribution >= 4 is 15.7 Å². The molecule has 0 bridgehead atoms. The van der Waals surface area contributed by atoms with Crippen LogP contribution in [0.4, 0.5) is 5.69 Å². The van der Waals surface area contributed by atoms with Crippen LogP contribution in [0.3, 0.4) is 0 Å². The van der Waals surface area contributed by atoms with E-state index in [1.54, 1.807) is 23.0 Å². The zero-order chi connectivity index (χ0) is 13.9. The molecule has 0 fully saturated rings. The van der Waals surface area contributed by atoms with Crippen molar-refractivity contribution in [1.82, 2.24) is 19.5 Å². The molecule has 0 aliphatic rings. The highest BCUT2D eigenvalue weighted by Crippen LogP contribution is 2.11. The lowest BCUT2D eigenvalue weighted by Gasteiger charge is -2.07. The molecule has 0 radical (unpaired) electrons. The van der Waals surface area contributed by atoms with Crippen molar-refractivity contribution in [2.45, 2.75) is 24.9 Å². The topological polar surface area (TPSA) is 103 Å². The lowest BCUT2D eigenvalue weighted by molar-refractivity contribution is 0.575. The molecule has 0 aliphatic heterocycles. The molecular weight excluding hydrogens is 266 g/mol. The normalized spacial score (nSPS) is 11.6. The number of nitrogens with two attached hydrogens (primary N) is 1. The van der Waals surface area contributed by atoms with E-state index < -0.39 is 10.0 Å². The SMILES string of the molecule is CCn1cnnc1CNS(=O)(=O)c1ccc(N)cc1. The van der Waals surface area contributed by atoms with E-state index in [0.29, 0.717) is 18.1 Å². The van der Waals surface area contributed by atoms with E-state index in [1.807, 2.05) is 6.92 Å². The lowest BCUT2D eigenvalue weighted by Crippen LogP contribution is -2.25. The Bertz CT molecular complexity index is 648. The summed E-state index contributed by atoms with van der Waals surface area (Å²) in [6.07, 6.45) is 1.56. The van der Waals surface area contributed by atoms with E-state index in [-0.39, 0.29) is 11.4 Å². The number of hydrogen-bond acceptors (Lipinski definition) is 5. The van der Waals surface area contributed by atoms with Crippen molar-refractivity contribution in [3.05, 3.63) is 36.4 Å². The van der Waals surface area contributed by atoms with Gasteiger partial charge in [0.2, 0.25) is 10.0 Å². The van der Waals surface area contributed by atoms with Gasteiger partial charge >= 0.3 is 0 Å². The molecule has 3 N–H and O–H groups in total. The molecule has 0 aliphatic carbocycles. The Labute approximate surface area is 111 Å². The van der Waals surface area contributed by atoms with Gasteiger partial charge in [0.05, 0.1) is 11.4 Å². The largest absolute Gasteiger partial charge is 0.399 e. The Morgan fingerprint density at radius 3 is 2.63 bits per heavy atom. The predicted octanol–water partition coefficient (Wildman–Crippen LogP) is 0.359. The third-order valence-electron chi connectivity index (χ3n) is 2.65. The lowest BCUT2D eigenvalue weighted by atomic mass is 10.3. The van der Waals surface area contributed by atoms with Gasteiger partial charge in [-0.05, 0) is 31.2 Å². The van der Waals surface area contributed by atoms with Crippen molar-refractivity contribution in [3.8, 4) is 0 Å². The minimum absolute atomic E-state index is 0.0978. The minimum Gasteiger partial charge on any atom is -0.399 e. The number of sulfonamides is 1. The van der Waals surface area contributed by atoms with Gasteiger partial charge in [-0.2, -0.15) is 0 Å². The van der Waals surface area contributed by atoms with Gasteiger partial charge in [0.15, 0.2) is 0 Å². The average Bonchev–Trinajstić information content (AvgIpc) is 2.84. The van der Waals surface area contributed by atoms with Crippen LogP contribution in [-0.4, -0.2) is 23.2 Å². The van der Waals surface area contributed by atoms with Gasteiger partial charge in [-0.15, -0.1) is 10.2 Å². The molecule has 0 amide bonds. The summed E-state index contributed by atoms with van der Waals surface area (Å²) in [6, 6.07) is 6.01. The number of rotatable bonds is 5. The zero-order valence-electron chi connectivity index (χ0n) is 10.4. The number of benzene rings is 1. The molecule has 8 heteroatoms. The van der Waals surface area contributed by atoms with Crippen LogP contribution in [-0.2, 0) is 23.1 Å². The van der Waals surface area contributed by atoms with Crippen LogP contribution in [0.2, 0.25) is 0 Å². The zero-order valence-corrected chi connectivity index (χ0v) is 11.3. The quantitative estimate of drug-likeness (QED) is 0.770. The highest BCUT2D eigenvalue weighted by molar-refractivity contribution is 7.89. The van der Waals surface area contributed by atoms with E-state index >= 15 is 0 Å². The van der Waals surface area contributed by atoms with Gasteiger partial charge in [0.25, 0.3) is 0 Å². The Hall–Kier alpha value is -1.93. The molecule has 0 saturated heterocycles. The van der Waals surface area contributed by atoms with Crippen LogP contribution in [0.25, 0.3) is 0 Å². The summed E-state index contributed by atoms with van der Waals surface area (Å²) in [5.41, 5.74) is 6.04. The second-order valence-electron chi connectivity index (χ2n) is 3.93. The van der Waals surface area contributed by atoms with E-state index in [2.05, 4.69) is 14.9 Å². The third kappa shape index (κ3) is 3.09. The molecule has 2 rings (SSSR count). The minimum atomic E-state index is -3.56. The molecule has 0 atom stereocenters. The van der Waals surface area contributed by atoms with Crippen molar-refractivity contribution in [2.24, 2.45) is 0 Å². The van der Waals surface area contributed by atoms with Crippen molar-refractivity contribution in [2.75, 3.05) is 5.73 Å². The van der Waals surface area contributed by atoms with E-state index in [0.717, 1.165) is 0 Å². The van der Waals surface area contributed by atoms with Gasteiger partial charge in [0.1, 0.15) is 12.2 Å². The van der Waals surface area contributed by atoms with E-state index in [9.17, 15) is 8.42 Å². The number of aryl methyl sites for hydroxylation is 1. The fourth-order valence-corrected chi connectivity index (χ4v) is 2.55. The van der Waals surface area contributed by atoms with Crippen LogP contribution < -0.4 is 10.5 Å². The molecule has 1 aromatic carbocycles. The van der Waals surface area contributed by atoms with Gasteiger partial charge in [-0.3, -0.25) is 0 Å². The number of nitrogens with one attached hydrogen (secondary N) is 1. The third-order valence-corrected chi connectivity index (χ3v) is 4.06. The van der Waals surface area contributed by atoms with Crippen LogP contribution >= 0.6 is 0 Å². The summed E-state index contributed by atoms with van der Waals surface area (Å²) in [6.45, 7) is 2.72. The first kappa shape index (κ1) is 13.5. The fourth-order valence-electron chi connectivity index (χ4n) is 1.57. The average molecular weight is 281 g/mol. The second kappa shape index (κ2) is 5.37. The summed E-state index contributed by atoms with van der Waals surface area (Å²) in [5, 5.41) is 7.60. The second-order valence-corrected chi connectivity index (χ2v) is 5.69. The summed E-state index contributed by atoms with van der Waals surface area (Å²) < 4.78 is 28.3. The fraction of sp³-hybridized carbons (Fsp3) is 0.273. The monoisotopic (exact) mass is 281 g/mol. The molecule has 1 aromatic heterocycles. The molecule has 102 valence electrons. The summed E-state index contributed by atoms with van der Waals surface area (Å²) in [5.74, 6) is 0.571. The molecule has 0 spiro atoms. The highest BCUT2D eigenvalue weighted by Gasteiger charge is 2.14. The van der Waals surface area contributed by atoms with Gasteiger partial charge in [-0.1, -0.05) is 0 Å². The van der Waals surface area contributed by atoms with E-state index in [1.165, 1.54) is 12.1 Å². The van der Waals surface area contributed by atoms with Crippen molar-refractivity contribution in [3.63, 3.8) is 0 Å². The summed E-state index contributed by atoms with van der Waals surface area (Å²) >= 11 is 0. The number of hydrogen-bond donors (Lipinski definition) is 2. The maximum absolute atomic E-state index is 12.0. The van der Waals surface area contributed by atoms with E-state index in [4.69, 9.17) is 5.73 Å². The Balaban J connectivity index is 2.12. The Kier molecular flexibility index (Phi) is 3.82. The maximum Gasteiger partial charge on any atom is 0.240 e. The highest BCUT2D eigenvalue weighted by atomic mass is 32.2. The summed E-state index contributed by atoms with van der Waals surface area (Å²) in [4.78, 5) is 0.171. The van der Waals surface area contributed by atoms with Crippen molar-refractivity contribution in [1.29, 1.82) is 0 Å². The number of nitrogens with zero attached hydrogens (tertiary/aromatic N) is 3. The van der Waals surface area contributed by atoms with Crippen LogP contribution in [0.1, 0.15) is 12.7 Å². The predicted molar refractivity (Wildman–Crippen MR) is 70.6 cm³/mol. The molecule has 1 heterocycles. The maximum atomic E-state index is 12.0. The Morgan fingerprint density at radius 2 is 2.00 bits per heavy atom. The molecule has 2 aromatic rings. The molecule has 0 saturated carbocycles. The Morgan fingerprint density at radius 1 is 1.32 bits per heavy atom. The number of anilines is 1. The number of aromatic nitrogens is 3. The number of nitrogen functional groups attached to an aromatic ring is 1. The van der Waals surface area contributed by atoms with Gasteiger partial charge < -0.3 is 10.3 Å². The summed E-state index contributed by atoms with van der Waals surface area (Å²) in [7, 11) is -3.56. The van der Waals surface area contributed by atoms with Crippen LogP contribution in [0, 0.1) is 0 Å². The smallest absolute Gasteiger partial charge is 0.240 e. The molecule has 19 heavy (non-hydrogen) atoms. The first-order valence-corrected chi connectivity index (χ1v) is 7.23. The van der Waals surface area contributed by atoms with Gasteiger partial charge in [-0.25, -0.2) is 13.1 Å². The van der Waals surface area contributed by atoms with Gasteiger partial charge in [0, 0.05) is 12.2 Å². The first-order chi connectivity index (χ1) is 9.03. The van der Waals surface area contributed by atoms with Crippen LogP contribution in [0.15, 0.2) is 35.5 Å². The first-order valence-electron chi connectivity index (χ1n) is 5.75.